The van der Waals surface area contributed by atoms with Crippen LogP contribution in [-0.4, -0.2) is 22.9 Å². The first-order chi connectivity index (χ1) is 11.6. The van der Waals surface area contributed by atoms with E-state index in [4.69, 9.17) is 0 Å². The van der Waals surface area contributed by atoms with Crippen LogP contribution < -0.4 is 10.6 Å². The second-order valence-electron chi connectivity index (χ2n) is 5.89. The molecule has 0 bridgehead atoms. The van der Waals surface area contributed by atoms with Gasteiger partial charge in [0, 0.05) is 31.0 Å². The average molecular weight is 327 g/mol. The highest BCUT2D eigenvalue weighted by atomic mass is 16.2. The molecule has 0 radical (unpaired) electrons. The third-order valence-corrected chi connectivity index (χ3v) is 3.81. The minimum absolute atomic E-state index is 0.0450. The normalized spacial score (nSPS) is 11.8. The van der Waals surface area contributed by atoms with Crippen molar-refractivity contribution in [2.24, 2.45) is 0 Å². The van der Waals surface area contributed by atoms with Crippen molar-refractivity contribution in [2.75, 3.05) is 11.9 Å². The van der Waals surface area contributed by atoms with Crippen LogP contribution in [0.5, 0.6) is 0 Å². The van der Waals surface area contributed by atoms with Gasteiger partial charge < -0.3 is 15.2 Å². The monoisotopic (exact) mass is 327 g/mol. The molecule has 5 nitrogen and oxygen atoms in total. The SMILES string of the molecule is CCC[C@H](C(=O)NCCC(=O)Nc1cccc(C)c1)n1cccc1. The summed E-state index contributed by atoms with van der Waals surface area (Å²) < 4.78 is 1.91. The molecule has 0 unspecified atom stereocenters. The van der Waals surface area contributed by atoms with E-state index in [2.05, 4.69) is 17.6 Å². The van der Waals surface area contributed by atoms with Gasteiger partial charge in [-0.2, -0.15) is 0 Å². The molecule has 0 aliphatic rings. The van der Waals surface area contributed by atoms with Crippen LogP contribution in [0.2, 0.25) is 0 Å². The van der Waals surface area contributed by atoms with Crippen molar-refractivity contribution >= 4 is 17.5 Å². The fraction of sp³-hybridized carbons (Fsp3) is 0.368. The van der Waals surface area contributed by atoms with Gasteiger partial charge in [0.05, 0.1) is 0 Å². The van der Waals surface area contributed by atoms with Gasteiger partial charge in [-0.05, 0) is 43.2 Å². The highest BCUT2D eigenvalue weighted by molar-refractivity contribution is 5.91. The van der Waals surface area contributed by atoms with Crippen molar-refractivity contribution in [1.82, 2.24) is 9.88 Å². The number of nitrogens with one attached hydrogen (secondary N) is 2. The van der Waals surface area contributed by atoms with Crippen LogP contribution in [-0.2, 0) is 9.59 Å². The predicted octanol–water partition coefficient (Wildman–Crippen LogP) is 3.28. The summed E-state index contributed by atoms with van der Waals surface area (Å²) in [6, 6.07) is 11.2. The van der Waals surface area contributed by atoms with E-state index in [1.54, 1.807) is 0 Å². The standard InChI is InChI=1S/C19H25N3O2/c1-3-7-17(22-12-4-5-13-22)19(24)20-11-10-18(23)21-16-9-6-8-15(2)14-16/h4-6,8-9,12-14,17H,3,7,10-11H2,1-2H3,(H,20,24)(H,21,23)/t17-/m1/s1. The molecule has 1 atom stereocenters. The lowest BCUT2D eigenvalue weighted by Crippen LogP contribution is -2.34. The zero-order valence-electron chi connectivity index (χ0n) is 14.3. The number of rotatable bonds is 8. The Labute approximate surface area is 143 Å². The van der Waals surface area contributed by atoms with E-state index in [0.717, 1.165) is 24.1 Å². The number of hydrogen-bond donors (Lipinski definition) is 2. The van der Waals surface area contributed by atoms with Gasteiger partial charge in [-0.15, -0.1) is 0 Å². The van der Waals surface area contributed by atoms with Crippen LogP contribution in [0.1, 0.15) is 37.8 Å². The summed E-state index contributed by atoms with van der Waals surface area (Å²) in [7, 11) is 0. The Balaban J connectivity index is 1.79. The molecule has 1 aromatic heterocycles. The topological polar surface area (TPSA) is 63.1 Å². The van der Waals surface area contributed by atoms with Gasteiger partial charge in [0.25, 0.3) is 0 Å². The quantitative estimate of drug-likeness (QED) is 0.781. The second kappa shape index (κ2) is 8.91. The summed E-state index contributed by atoms with van der Waals surface area (Å²) in [5.74, 6) is -0.148. The summed E-state index contributed by atoms with van der Waals surface area (Å²) >= 11 is 0. The Kier molecular flexibility index (Phi) is 6.61. The number of carbonyl (C=O) groups excluding carboxylic acids is 2. The fourth-order valence-corrected chi connectivity index (χ4v) is 2.61. The van der Waals surface area contributed by atoms with E-state index >= 15 is 0 Å². The first-order valence-corrected chi connectivity index (χ1v) is 8.37. The summed E-state index contributed by atoms with van der Waals surface area (Å²) in [5, 5.41) is 5.71. The van der Waals surface area contributed by atoms with Gasteiger partial charge in [0.2, 0.25) is 11.8 Å². The summed E-state index contributed by atoms with van der Waals surface area (Å²) in [4.78, 5) is 24.3. The van der Waals surface area contributed by atoms with Crippen molar-refractivity contribution in [3.8, 4) is 0 Å². The van der Waals surface area contributed by atoms with Gasteiger partial charge in [-0.25, -0.2) is 0 Å². The summed E-state index contributed by atoms with van der Waals surface area (Å²) in [6.07, 6.45) is 5.74. The maximum Gasteiger partial charge on any atom is 0.243 e. The van der Waals surface area contributed by atoms with Crippen molar-refractivity contribution < 1.29 is 9.59 Å². The van der Waals surface area contributed by atoms with Crippen molar-refractivity contribution in [3.63, 3.8) is 0 Å². The molecule has 5 heteroatoms. The zero-order valence-corrected chi connectivity index (χ0v) is 14.3. The second-order valence-corrected chi connectivity index (χ2v) is 5.89. The van der Waals surface area contributed by atoms with Crippen molar-refractivity contribution in [3.05, 3.63) is 54.4 Å². The van der Waals surface area contributed by atoms with Gasteiger partial charge in [-0.1, -0.05) is 25.5 Å². The number of carbonyl (C=O) groups is 2. The van der Waals surface area contributed by atoms with E-state index in [9.17, 15) is 9.59 Å². The van der Waals surface area contributed by atoms with Crippen LogP contribution >= 0.6 is 0 Å². The average Bonchev–Trinajstić information content (AvgIpc) is 3.06. The molecule has 2 aromatic rings. The third-order valence-electron chi connectivity index (χ3n) is 3.81. The lowest BCUT2D eigenvalue weighted by Gasteiger charge is -2.18. The number of nitrogens with zero attached hydrogens (tertiary/aromatic N) is 1. The van der Waals surface area contributed by atoms with E-state index < -0.39 is 0 Å². The zero-order chi connectivity index (χ0) is 17.4. The first-order valence-electron chi connectivity index (χ1n) is 8.37. The molecule has 1 aromatic carbocycles. The lowest BCUT2D eigenvalue weighted by molar-refractivity contribution is -0.124. The Hall–Kier alpha value is -2.56. The molecule has 128 valence electrons. The van der Waals surface area contributed by atoms with Gasteiger partial charge in [0.1, 0.15) is 6.04 Å². The molecule has 0 aliphatic heterocycles. The highest BCUT2D eigenvalue weighted by Crippen LogP contribution is 2.14. The molecule has 2 N–H and O–H groups in total. The molecular weight excluding hydrogens is 302 g/mol. The molecule has 0 aliphatic carbocycles. The minimum atomic E-state index is -0.218. The van der Waals surface area contributed by atoms with Crippen molar-refractivity contribution in [2.45, 2.75) is 39.2 Å². The minimum Gasteiger partial charge on any atom is -0.354 e. The van der Waals surface area contributed by atoms with E-state index in [-0.39, 0.29) is 24.3 Å². The number of hydrogen-bond acceptors (Lipinski definition) is 2. The molecular formula is C19H25N3O2. The Morgan fingerprint density at radius 3 is 2.58 bits per heavy atom. The largest absolute Gasteiger partial charge is 0.354 e. The molecule has 2 amide bonds. The molecule has 0 spiro atoms. The van der Waals surface area contributed by atoms with Crippen LogP contribution in [0, 0.1) is 6.92 Å². The highest BCUT2D eigenvalue weighted by Gasteiger charge is 2.18. The maximum absolute atomic E-state index is 12.4. The Morgan fingerprint density at radius 1 is 1.17 bits per heavy atom. The number of aromatic nitrogens is 1. The number of benzene rings is 1. The van der Waals surface area contributed by atoms with Gasteiger partial charge in [0.15, 0.2) is 0 Å². The molecule has 0 fully saturated rings. The summed E-state index contributed by atoms with van der Waals surface area (Å²) in [5.41, 5.74) is 1.87. The lowest BCUT2D eigenvalue weighted by atomic mass is 10.1. The molecule has 24 heavy (non-hydrogen) atoms. The number of anilines is 1. The molecule has 0 saturated heterocycles. The Bertz CT molecular complexity index is 665. The smallest absolute Gasteiger partial charge is 0.243 e. The predicted molar refractivity (Wildman–Crippen MR) is 95.8 cm³/mol. The van der Waals surface area contributed by atoms with Crippen molar-refractivity contribution in [1.29, 1.82) is 0 Å². The Morgan fingerprint density at radius 2 is 1.92 bits per heavy atom. The van der Waals surface area contributed by atoms with Crippen LogP contribution in [0.25, 0.3) is 0 Å². The van der Waals surface area contributed by atoms with E-state index in [1.165, 1.54) is 0 Å². The van der Waals surface area contributed by atoms with Gasteiger partial charge >= 0.3 is 0 Å². The molecule has 0 saturated carbocycles. The van der Waals surface area contributed by atoms with Crippen LogP contribution in [0.15, 0.2) is 48.8 Å². The number of amides is 2. The van der Waals surface area contributed by atoms with Crippen LogP contribution in [0.4, 0.5) is 5.69 Å². The third kappa shape index (κ3) is 5.26. The summed E-state index contributed by atoms with van der Waals surface area (Å²) in [6.45, 7) is 4.36. The molecule has 2 rings (SSSR count). The number of aryl methyl sites for hydroxylation is 1. The van der Waals surface area contributed by atoms with Gasteiger partial charge in [-0.3, -0.25) is 9.59 Å². The van der Waals surface area contributed by atoms with E-state index in [0.29, 0.717) is 6.54 Å². The fourth-order valence-electron chi connectivity index (χ4n) is 2.61. The maximum atomic E-state index is 12.4. The van der Waals surface area contributed by atoms with E-state index in [1.807, 2.05) is 60.3 Å². The molecule has 1 heterocycles. The first kappa shape index (κ1) is 17.8. The van der Waals surface area contributed by atoms with Crippen LogP contribution in [0.3, 0.4) is 0 Å².